The van der Waals surface area contributed by atoms with Crippen LogP contribution in [0.25, 0.3) is 11.3 Å². The summed E-state index contributed by atoms with van der Waals surface area (Å²) >= 11 is 1.06. The van der Waals surface area contributed by atoms with Crippen molar-refractivity contribution in [1.29, 1.82) is 0 Å². The minimum atomic E-state index is -0.266. The Bertz CT molecular complexity index is 902. The molecule has 7 heteroatoms. The Morgan fingerprint density at radius 1 is 0.920 bits per heavy atom. The molecule has 3 aromatic rings. The first-order valence-corrected chi connectivity index (χ1v) is 8.38. The number of rotatable bonds is 4. The quantitative estimate of drug-likeness (QED) is 0.749. The summed E-state index contributed by atoms with van der Waals surface area (Å²) in [5.41, 5.74) is 3.85. The number of amides is 2. The van der Waals surface area contributed by atoms with Crippen molar-refractivity contribution in [3.05, 3.63) is 59.0 Å². The Morgan fingerprint density at radius 2 is 1.52 bits per heavy atom. The minimum Gasteiger partial charge on any atom is -0.326 e. The molecule has 0 saturated carbocycles. The van der Waals surface area contributed by atoms with Crippen LogP contribution < -0.4 is 10.6 Å². The van der Waals surface area contributed by atoms with Gasteiger partial charge in [0.25, 0.3) is 5.91 Å². The average molecular weight is 352 g/mol. The second-order valence-corrected chi connectivity index (χ2v) is 6.28. The van der Waals surface area contributed by atoms with Gasteiger partial charge in [0, 0.05) is 23.9 Å². The van der Waals surface area contributed by atoms with Crippen LogP contribution in [0.15, 0.2) is 48.5 Å². The summed E-state index contributed by atoms with van der Waals surface area (Å²) in [6.07, 6.45) is 0. The van der Waals surface area contributed by atoms with Crippen molar-refractivity contribution in [3.63, 3.8) is 0 Å². The maximum Gasteiger partial charge on any atom is 0.269 e. The smallest absolute Gasteiger partial charge is 0.269 e. The summed E-state index contributed by atoms with van der Waals surface area (Å²) in [7, 11) is 0. The predicted octanol–water partition coefficient (Wildman–Crippen LogP) is 3.72. The third-order valence-electron chi connectivity index (χ3n) is 3.48. The number of benzene rings is 2. The second-order valence-electron chi connectivity index (χ2n) is 5.53. The summed E-state index contributed by atoms with van der Waals surface area (Å²) in [5, 5.41) is 9.59. The SMILES string of the molecule is CC(=O)Nc1ccc(NC(=O)c2snnc2-c2ccc(C)cc2)cc1. The van der Waals surface area contributed by atoms with Gasteiger partial charge in [-0.05, 0) is 42.7 Å². The zero-order chi connectivity index (χ0) is 17.8. The molecule has 0 spiro atoms. The van der Waals surface area contributed by atoms with Gasteiger partial charge < -0.3 is 10.6 Å². The molecule has 2 aromatic carbocycles. The number of carbonyl (C=O) groups is 2. The molecule has 0 aliphatic carbocycles. The molecule has 1 aromatic heterocycles. The first-order chi connectivity index (χ1) is 12.0. The first-order valence-electron chi connectivity index (χ1n) is 7.61. The van der Waals surface area contributed by atoms with E-state index < -0.39 is 0 Å². The molecular formula is C18H16N4O2S. The topological polar surface area (TPSA) is 84.0 Å². The number of nitrogens with zero attached hydrogens (tertiary/aromatic N) is 2. The molecule has 0 saturated heterocycles. The molecule has 0 bridgehead atoms. The van der Waals surface area contributed by atoms with E-state index in [4.69, 9.17) is 0 Å². The van der Waals surface area contributed by atoms with Crippen LogP contribution in [-0.2, 0) is 4.79 Å². The molecule has 2 amide bonds. The molecule has 1 heterocycles. The maximum absolute atomic E-state index is 12.5. The van der Waals surface area contributed by atoms with Crippen molar-refractivity contribution in [2.45, 2.75) is 13.8 Å². The van der Waals surface area contributed by atoms with Gasteiger partial charge in [0.1, 0.15) is 10.6 Å². The van der Waals surface area contributed by atoms with Crippen LogP contribution in [0.5, 0.6) is 0 Å². The van der Waals surface area contributed by atoms with Gasteiger partial charge in [-0.2, -0.15) is 0 Å². The lowest BCUT2D eigenvalue weighted by atomic mass is 10.1. The van der Waals surface area contributed by atoms with Gasteiger partial charge in [0.2, 0.25) is 5.91 Å². The van der Waals surface area contributed by atoms with E-state index >= 15 is 0 Å². The van der Waals surface area contributed by atoms with Gasteiger partial charge >= 0.3 is 0 Å². The number of aromatic nitrogens is 2. The highest BCUT2D eigenvalue weighted by atomic mass is 32.1. The predicted molar refractivity (Wildman–Crippen MR) is 98.8 cm³/mol. The standard InChI is InChI=1S/C18H16N4O2S/c1-11-3-5-13(6-4-11)16-17(25-22-21-16)18(24)20-15-9-7-14(8-10-15)19-12(2)23/h3-10H,1-2H3,(H,19,23)(H,20,24). The fourth-order valence-corrected chi connectivity index (χ4v) is 2.85. The maximum atomic E-state index is 12.5. The fraction of sp³-hybridized carbons (Fsp3) is 0.111. The molecule has 25 heavy (non-hydrogen) atoms. The Morgan fingerprint density at radius 3 is 2.12 bits per heavy atom. The molecular weight excluding hydrogens is 336 g/mol. The van der Waals surface area contributed by atoms with E-state index in [2.05, 4.69) is 20.2 Å². The van der Waals surface area contributed by atoms with Crippen molar-refractivity contribution >= 4 is 34.7 Å². The molecule has 6 nitrogen and oxygen atoms in total. The van der Waals surface area contributed by atoms with Crippen molar-refractivity contribution < 1.29 is 9.59 Å². The van der Waals surface area contributed by atoms with Crippen molar-refractivity contribution in [2.24, 2.45) is 0 Å². The van der Waals surface area contributed by atoms with Crippen molar-refractivity contribution in [1.82, 2.24) is 9.59 Å². The molecule has 0 unspecified atom stereocenters. The molecule has 0 radical (unpaired) electrons. The number of hydrogen-bond donors (Lipinski definition) is 2. The molecule has 0 aliphatic heterocycles. The lowest BCUT2D eigenvalue weighted by Crippen LogP contribution is -2.11. The zero-order valence-electron chi connectivity index (χ0n) is 13.7. The average Bonchev–Trinajstić information content (AvgIpc) is 3.06. The number of aryl methyl sites for hydroxylation is 1. The van der Waals surface area contributed by atoms with Gasteiger partial charge in [0.05, 0.1) is 0 Å². The highest BCUT2D eigenvalue weighted by molar-refractivity contribution is 7.08. The van der Waals surface area contributed by atoms with E-state index in [0.29, 0.717) is 21.9 Å². The van der Waals surface area contributed by atoms with E-state index in [1.54, 1.807) is 24.3 Å². The largest absolute Gasteiger partial charge is 0.326 e. The van der Waals surface area contributed by atoms with E-state index in [9.17, 15) is 9.59 Å². The Balaban J connectivity index is 1.77. The van der Waals surface area contributed by atoms with Gasteiger partial charge in [-0.3, -0.25) is 9.59 Å². The Kier molecular flexibility index (Phi) is 4.85. The molecule has 0 atom stereocenters. The number of anilines is 2. The zero-order valence-corrected chi connectivity index (χ0v) is 14.6. The van der Waals surface area contributed by atoms with Crippen LogP contribution in [-0.4, -0.2) is 21.4 Å². The number of carbonyl (C=O) groups excluding carboxylic acids is 2. The van der Waals surface area contributed by atoms with Crippen LogP contribution in [0.1, 0.15) is 22.2 Å². The highest BCUT2D eigenvalue weighted by Crippen LogP contribution is 2.25. The lowest BCUT2D eigenvalue weighted by Gasteiger charge is -2.07. The Hall–Kier alpha value is -3.06. The monoisotopic (exact) mass is 352 g/mol. The second kappa shape index (κ2) is 7.23. The van der Waals surface area contributed by atoms with Crippen LogP contribution >= 0.6 is 11.5 Å². The molecule has 0 aliphatic rings. The number of nitrogens with one attached hydrogen (secondary N) is 2. The summed E-state index contributed by atoms with van der Waals surface area (Å²) in [6, 6.07) is 14.7. The van der Waals surface area contributed by atoms with E-state index in [1.165, 1.54) is 6.92 Å². The summed E-state index contributed by atoms with van der Waals surface area (Å²) in [6.45, 7) is 3.44. The Labute approximate surface area is 149 Å². The van der Waals surface area contributed by atoms with Crippen LogP contribution in [0.4, 0.5) is 11.4 Å². The van der Waals surface area contributed by atoms with E-state index in [-0.39, 0.29) is 11.8 Å². The van der Waals surface area contributed by atoms with Crippen LogP contribution in [0, 0.1) is 6.92 Å². The van der Waals surface area contributed by atoms with Crippen LogP contribution in [0.3, 0.4) is 0 Å². The molecule has 126 valence electrons. The van der Waals surface area contributed by atoms with Crippen molar-refractivity contribution in [2.75, 3.05) is 10.6 Å². The molecule has 0 fully saturated rings. The molecule has 3 rings (SSSR count). The normalized spacial score (nSPS) is 10.3. The van der Waals surface area contributed by atoms with E-state index in [0.717, 1.165) is 22.7 Å². The van der Waals surface area contributed by atoms with Gasteiger partial charge in [-0.1, -0.05) is 34.3 Å². The third kappa shape index (κ3) is 4.07. The van der Waals surface area contributed by atoms with Crippen LogP contribution in [0.2, 0.25) is 0 Å². The summed E-state index contributed by atoms with van der Waals surface area (Å²) in [4.78, 5) is 24.0. The van der Waals surface area contributed by atoms with Gasteiger partial charge in [0.15, 0.2) is 0 Å². The first kappa shape index (κ1) is 16.8. The summed E-state index contributed by atoms with van der Waals surface area (Å²) < 4.78 is 3.91. The third-order valence-corrected chi connectivity index (χ3v) is 4.21. The van der Waals surface area contributed by atoms with Gasteiger partial charge in [-0.25, -0.2) is 0 Å². The lowest BCUT2D eigenvalue weighted by molar-refractivity contribution is -0.114. The number of hydrogen-bond acceptors (Lipinski definition) is 5. The van der Waals surface area contributed by atoms with Gasteiger partial charge in [-0.15, -0.1) is 5.10 Å². The molecule has 2 N–H and O–H groups in total. The fourth-order valence-electron chi connectivity index (χ4n) is 2.27. The summed E-state index contributed by atoms with van der Waals surface area (Å²) in [5.74, 6) is -0.409. The highest BCUT2D eigenvalue weighted by Gasteiger charge is 2.18. The van der Waals surface area contributed by atoms with Crippen molar-refractivity contribution in [3.8, 4) is 11.3 Å². The minimum absolute atomic E-state index is 0.143. The van der Waals surface area contributed by atoms with E-state index in [1.807, 2.05) is 31.2 Å².